The number of hydrogen-bond donors (Lipinski definition) is 1. The third-order valence-electron chi connectivity index (χ3n) is 3.22. The van der Waals surface area contributed by atoms with Gasteiger partial charge in [0.15, 0.2) is 0 Å². The average Bonchev–Trinajstić information content (AvgIpc) is 2.39. The number of aromatic nitrogens is 2. The molecule has 0 unspecified atom stereocenters. The summed E-state index contributed by atoms with van der Waals surface area (Å²) in [7, 11) is 0. The molecule has 6 nitrogen and oxygen atoms in total. The zero-order valence-electron chi connectivity index (χ0n) is 11.5. The predicted molar refractivity (Wildman–Crippen MR) is 73.2 cm³/mol. The molecule has 0 atom stereocenters. The van der Waals surface area contributed by atoms with Crippen molar-refractivity contribution in [1.29, 1.82) is 0 Å². The summed E-state index contributed by atoms with van der Waals surface area (Å²) in [5.41, 5.74) is 6.74. The van der Waals surface area contributed by atoms with E-state index in [1.54, 1.807) is 13.8 Å². The minimum absolute atomic E-state index is 0.200. The number of nitrogens with two attached hydrogens (primary N) is 1. The Labute approximate surface area is 113 Å². The second kappa shape index (κ2) is 5.86. The molecule has 0 aliphatic carbocycles. The Hall–Kier alpha value is -1.85. The number of ether oxygens (including phenoxy) is 1. The largest absolute Gasteiger partial charge is 0.462 e. The number of esters is 1. The van der Waals surface area contributed by atoms with Crippen LogP contribution in [0.3, 0.4) is 0 Å². The Morgan fingerprint density at radius 2 is 2.00 bits per heavy atom. The molecule has 0 spiro atoms. The van der Waals surface area contributed by atoms with E-state index in [4.69, 9.17) is 10.5 Å². The van der Waals surface area contributed by atoms with Gasteiger partial charge >= 0.3 is 5.97 Å². The highest BCUT2D eigenvalue weighted by Crippen LogP contribution is 2.21. The molecule has 19 heavy (non-hydrogen) atoms. The summed E-state index contributed by atoms with van der Waals surface area (Å²) in [4.78, 5) is 22.5. The molecular formula is C13H20N4O2. The summed E-state index contributed by atoms with van der Waals surface area (Å²) in [5.74, 6) is 0.358. The maximum Gasteiger partial charge on any atom is 0.343 e. The van der Waals surface area contributed by atoms with Crippen molar-refractivity contribution >= 4 is 17.7 Å². The van der Waals surface area contributed by atoms with Crippen LogP contribution in [0.15, 0.2) is 0 Å². The van der Waals surface area contributed by atoms with Gasteiger partial charge < -0.3 is 15.4 Å². The highest BCUT2D eigenvalue weighted by atomic mass is 16.5. The Morgan fingerprint density at radius 3 is 2.58 bits per heavy atom. The van der Waals surface area contributed by atoms with Gasteiger partial charge in [0.2, 0.25) is 5.95 Å². The zero-order valence-corrected chi connectivity index (χ0v) is 11.5. The van der Waals surface area contributed by atoms with E-state index in [0.717, 1.165) is 25.9 Å². The molecule has 1 saturated heterocycles. The van der Waals surface area contributed by atoms with Crippen LogP contribution in [0, 0.1) is 6.92 Å². The maximum atomic E-state index is 11.8. The summed E-state index contributed by atoms with van der Waals surface area (Å²) in [5, 5.41) is 0. The van der Waals surface area contributed by atoms with Gasteiger partial charge in [-0.05, 0) is 33.1 Å². The summed E-state index contributed by atoms with van der Waals surface area (Å²) in [6, 6.07) is 0. The molecule has 0 amide bonds. The number of nitrogens with zero attached hydrogens (tertiary/aromatic N) is 3. The third kappa shape index (κ3) is 2.94. The standard InChI is InChI=1S/C13H20N4O2/c1-3-19-12(18)10-9(2)15-13(16-11(10)14)17-7-5-4-6-8-17/h3-8H2,1-2H3,(H2,14,15,16). The number of hydrogen-bond acceptors (Lipinski definition) is 6. The monoisotopic (exact) mass is 264 g/mol. The molecule has 1 aromatic heterocycles. The first-order chi connectivity index (χ1) is 9.13. The van der Waals surface area contributed by atoms with Gasteiger partial charge in [-0.2, -0.15) is 4.98 Å². The van der Waals surface area contributed by atoms with Gasteiger partial charge in [-0.15, -0.1) is 0 Å². The van der Waals surface area contributed by atoms with Gasteiger partial charge in [0.25, 0.3) is 0 Å². The van der Waals surface area contributed by atoms with Gasteiger partial charge in [-0.3, -0.25) is 0 Å². The lowest BCUT2D eigenvalue weighted by atomic mass is 10.1. The van der Waals surface area contributed by atoms with E-state index in [9.17, 15) is 4.79 Å². The summed E-state index contributed by atoms with van der Waals surface area (Å²) < 4.78 is 4.96. The van der Waals surface area contributed by atoms with E-state index in [-0.39, 0.29) is 11.4 Å². The van der Waals surface area contributed by atoms with Crippen LogP contribution in [-0.4, -0.2) is 35.6 Å². The molecule has 6 heteroatoms. The first kappa shape index (κ1) is 13.6. The highest BCUT2D eigenvalue weighted by molar-refractivity contribution is 5.95. The number of rotatable bonds is 3. The molecule has 2 heterocycles. The lowest BCUT2D eigenvalue weighted by molar-refractivity contribution is 0.0526. The van der Waals surface area contributed by atoms with Gasteiger partial charge in [-0.25, -0.2) is 9.78 Å². The van der Waals surface area contributed by atoms with Crippen molar-refractivity contribution in [3.8, 4) is 0 Å². The van der Waals surface area contributed by atoms with Gasteiger partial charge in [-0.1, -0.05) is 0 Å². The molecule has 1 aliphatic rings. The van der Waals surface area contributed by atoms with Crippen molar-refractivity contribution in [3.05, 3.63) is 11.3 Å². The van der Waals surface area contributed by atoms with Gasteiger partial charge in [0, 0.05) is 13.1 Å². The fourth-order valence-corrected chi connectivity index (χ4v) is 2.27. The molecule has 104 valence electrons. The van der Waals surface area contributed by atoms with E-state index >= 15 is 0 Å². The van der Waals surface area contributed by atoms with Crippen molar-refractivity contribution in [1.82, 2.24) is 9.97 Å². The first-order valence-corrected chi connectivity index (χ1v) is 6.69. The molecular weight excluding hydrogens is 244 g/mol. The van der Waals surface area contributed by atoms with E-state index < -0.39 is 5.97 Å². The molecule has 0 radical (unpaired) electrons. The topological polar surface area (TPSA) is 81.3 Å². The fourth-order valence-electron chi connectivity index (χ4n) is 2.27. The molecule has 1 fully saturated rings. The fraction of sp³-hybridized carbons (Fsp3) is 0.615. The highest BCUT2D eigenvalue weighted by Gasteiger charge is 2.21. The van der Waals surface area contributed by atoms with Crippen LogP contribution >= 0.6 is 0 Å². The number of nitrogen functional groups attached to an aromatic ring is 1. The van der Waals surface area contributed by atoms with Crippen LogP contribution in [0.4, 0.5) is 11.8 Å². The average molecular weight is 264 g/mol. The molecule has 1 aliphatic heterocycles. The van der Waals surface area contributed by atoms with Gasteiger partial charge in [0.1, 0.15) is 11.4 Å². The Bertz CT molecular complexity index is 447. The number of aryl methyl sites for hydroxylation is 1. The smallest absolute Gasteiger partial charge is 0.343 e. The van der Waals surface area contributed by atoms with Crippen molar-refractivity contribution in [2.75, 3.05) is 30.3 Å². The van der Waals surface area contributed by atoms with Gasteiger partial charge in [0.05, 0.1) is 12.3 Å². The Kier molecular flexibility index (Phi) is 4.19. The van der Waals surface area contributed by atoms with Crippen molar-refractivity contribution in [2.24, 2.45) is 0 Å². The second-order valence-electron chi connectivity index (χ2n) is 4.64. The van der Waals surface area contributed by atoms with Crippen LogP contribution in [0.25, 0.3) is 0 Å². The molecule has 2 rings (SSSR count). The molecule has 0 aromatic carbocycles. The van der Waals surface area contributed by atoms with E-state index in [0.29, 0.717) is 18.2 Å². The Morgan fingerprint density at radius 1 is 1.32 bits per heavy atom. The quantitative estimate of drug-likeness (QED) is 0.834. The minimum atomic E-state index is -0.456. The van der Waals surface area contributed by atoms with E-state index in [1.807, 2.05) is 0 Å². The SMILES string of the molecule is CCOC(=O)c1c(C)nc(N2CCCCC2)nc1N. The lowest BCUT2D eigenvalue weighted by Gasteiger charge is -2.27. The number of piperidine rings is 1. The van der Waals surface area contributed by atoms with Crippen molar-refractivity contribution in [2.45, 2.75) is 33.1 Å². The van der Waals surface area contributed by atoms with Crippen LogP contribution < -0.4 is 10.6 Å². The number of carbonyl (C=O) groups is 1. The van der Waals surface area contributed by atoms with Crippen molar-refractivity contribution in [3.63, 3.8) is 0 Å². The molecule has 1 aromatic rings. The Balaban J connectivity index is 2.27. The predicted octanol–water partition coefficient (Wildman–Crippen LogP) is 1.53. The molecule has 2 N–H and O–H groups in total. The van der Waals surface area contributed by atoms with Crippen LogP contribution in [-0.2, 0) is 4.74 Å². The van der Waals surface area contributed by atoms with Crippen LogP contribution in [0.1, 0.15) is 42.2 Å². The van der Waals surface area contributed by atoms with E-state index in [2.05, 4.69) is 14.9 Å². The number of carbonyl (C=O) groups excluding carboxylic acids is 1. The molecule has 0 bridgehead atoms. The number of anilines is 2. The first-order valence-electron chi connectivity index (χ1n) is 6.69. The maximum absolute atomic E-state index is 11.8. The zero-order chi connectivity index (χ0) is 13.8. The minimum Gasteiger partial charge on any atom is -0.462 e. The second-order valence-corrected chi connectivity index (χ2v) is 4.64. The van der Waals surface area contributed by atoms with Crippen LogP contribution in [0.2, 0.25) is 0 Å². The lowest BCUT2D eigenvalue weighted by Crippen LogP contribution is -2.31. The normalized spacial score (nSPS) is 15.4. The summed E-state index contributed by atoms with van der Waals surface area (Å²) in [6.45, 7) is 5.71. The van der Waals surface area contributed by atoms with Crippen molar-refractivity contribution < 1.29 is 9.53 Å². The third-order valence-corrected chi connectivity index (χ3v) is 3.22. The summed E-state index contributed by atoms with van der Waals surface area (Å²) >= 11 is 0. The summed E-state index contributed by atoms with van der Waals surface area (Å²) in [6.07, 6.45) is 3.52. The van der Waals surface area contributed by atoms with E-state index in [1.165, 1.54) is 6.42 Å². The van der Waals surface area contributed by atoms with Crippen LogP contribution in [0.5, 0.6) is 0 Å². The molecule has 0 saturated carbocycles.